The van der Waals surface area contributed by atoms with Gasteiger partial charge in [-0.05, 0) is 19.4 Å². The molecule has 0 saturated carbocycles. The predicted molar refractivity (Wildman–Crippen MR) is 40.0 cm³/mol. The summed E-state index contributed by atoms with van der Waals surface area (Å²) in [6, 6.07) is 0. The van der Waals surface area contributed by atoms with Gasteiger partial charge in [-0.3, -0.25) is 4.79 Å². The second-order valence-electron chi connectivity index (χ2n) is 2.23. The van der Waals surface area contributed by atoms with Crippen LogP contribution in [0.15, 0.2) is 0 Å². The molecule has 0 aromatic carbocycles. The Morgan fingerprint density at radius 1 is 1.70 bits per heavy atom. The van der Waals surface area contributed by atoms with Crippen LogP contribution in [0, 0.1) is 0 Å². The van der Waals surface area contributed by atoms with E-state index in [4.69, 9.17) is 10.5 Å². The highest BCUT2D eigenvalue weighted by molar-refractivity contribution is 5.85. The van der Waals surface area contributed by atoms with Gasteiger partial charge < -0.3 is 10.5 Å². The monoisotopic (exact) mass is 165 g/mol. The summed E-state index contributed by atoms with van der Waals surface area (Å²) in [7, 11) is 0. The third-order valence-corrected chi connectivity index (χ3v) is 1.46. The molecule has 0 bridgehead atoms. The Kier molecular flexibility index (Phi) is 4.40. The van der Waals surface area contributed by atoms with Gasteiger partial charge in [0.1, 0.15) is 6.10 Å². The molecule has 4 heteroatoms. The number of ether oxygens (including phenoxy) is 1. The molecule has 3 nitrogen and oxygen atoms in total. The van der Waals surface area contributed by atoms with E-state index in [0.29, 0.717) is 13.0 Å². The minimum absolute atomic E-state index is 0. The molecule has 0 radical (unpaired) electrons. The van der Waals surface area contributed by atoms with Crippen LogP contribution in [0.1, 0.15) is 19.3 Å². The second kappa shape index (κ2) is 4.52. The van der Waals surface area contributed by atoms with Gasteiger partial charge in [0.25, 0.3) is 0 Å². The van der Waals surface area contributed by atoms with Crippen LogP contribution in [-0.4, -0.2) is 18.6 Å². The van der Waals surface area contributed by atoms with E-state index >= 15 is 0 Å². The maximum atomic E-state index is 10.5. The maximum absolute atomic E-state index is 10.5. The van der Waals surface area contributed by atoms with Crippen molar-refractivity contribution >= 4 is 18.4 Å². The van der Waals surface area contributed by atoms with E-state index in [0.717, 1.165) is 12.8 Å². The Morgan fingerprint density at radius 3 is 2.80 bits per heavy atom. The van der Waals surface area contributed by atoms with Crippen molar-refractivity contribution in [2.24, 2.45) is 5.73 Å². The molecule has 1 rings (SSSR count). The third-order valence-electron chi connectivity index (χ3n) is 1.46. The summed E-state index contributed by atoms with van der Waals surface area (Å²) >= 11 is 0. The number of carbonyl (C=O) groups excluding carboxylic acids is 1. The molecule has 1 aliphatic rings. The van der Waals surface area contributed by atoms with Crippen molar-refractivity contribution in [2.75, 3.05) is 6.54 Å². The van der Waals surface area contributed by atoms with Crippen molar-refractivity contribution in [3.8, 4) is 0 Å². The molecule has 0 amide bonds. The van der Waals surface area contributed by atoms with Crippen molar-refractivity contribution in [3.63, 3.8) is 0 Å². The molecule has 2 N–H and O–H groups in total. The molecule has 0 spiro atoms. The zero-order chi connectivity index (χ0) is 6.69. The minimum Gasteiger partial charge on any atom is -0.462 e. The van der Waals surface area contributed by atoms with Crippen LogP contribution in [0.5, 0.6) is 0 Å². The Bertz CT molecular complexity index is 118. The standard InChI is InChI=1S/C6H11NO2.ClH/c7-4-3-5-1-2-6(8)9-5;/h5H,1-4,7H2;1H. The number of cyclic esters (lactones) is 1. The zero-order valence-electron chi connectivity index (χ0n) is 5.71. The smallest absolute Gasteiger partial charge is 0.306 e. The number of esters is 1. The molecule has 60 valence electrons. The van der Waals surface area contributed by atoms with Gasteiger partial charge in [-0.25, -0.2) is 0 Å². The van der Waals surface area contributed by atoms with E-state index in [1.54, 1.807) is 0 Å². The Balaban J connectivity index is 0.000000810. The number of hydrogen-bond acceptors (Lipinski definition) is 3. The van der Waals surface area contributed by atoms with E-state index in [-0.39, 0.29) is 24.5 Å². The van der Waals surface area contributed by atoms with Gasteiger partial charge in [-0.1, -0.05) is 0 Å². The highest BCUT2D eigenvalue weighted by Gasteiger charge is 2.21. The second-order valence-corrected chi connectivity index (χ2v) is 2.23. The minimum atomic E-state index is -0.0755. The molecule has 1 atom stereocenters. The van der Waals surface area contributed by atoms with Crippen LogP contribution in [0.25, 0.3) is 0 Å². The summed E-state index contributed by atoms with van der Waals surface area (Å²) in [5, 5.41) is 0. The molecular formula is C6H12ClNO2. The molecule has 0 aliphatic carbocycles. The fourth-order valence-electron chi connectivity index (χ4n) is 0.972. The Morgan fingerprint density at radius 2 is 2.40 bits per heavy atom. The lowest BCUT2D eigenvalue weighted by Gasteiger charge is -2.04. The fraction of sp³-hybridized carbons (Fsp3) is 0.833. The lowest BCUT2D eigenvalue weighted by molar-refractivity contribution is -0.141. The summed E-state index contributed by atoms with van der Waals surface area (Å²) in [5.41, 5.74) is 5.26. The summed E-state index contributed by atoms with van der Waals surface area (Å²) in [6.07, 6.45) is 2.36. The predicted octanol–water partition coefficient (Wildman–Crippen LogP) is 0.463. The van der Waals surface area contributed by atoms with E-state index < -0.39 is 0 Å². The summed E-state index contributed by atoms with van der Waals surface area (Å²) in [6.45, 7) is 0.609. The van der Waals surface area contributed by atoms with Gasteiger partial charge in [-0.15, -0.1) is 12.4 Å². The van der Waals surface area contributed by atoms with E-state index in [9.17, 15) is 4.79 Å². The first-order valence-electron chi connectivity index (χ1n) is 3.22. The molecule has 1 saturated heterocycles. The summed E-state index contributed by atoms with van der Waals surface area (Å²) < 4.78 is 4.88. The van der Waals surface area contributed by atoms with Gasteiger partial charge in [-0.2, -0.15) is 0 Å². The highest BCUT2D eigenvalue weighted by atomic mass is 35.5. The van der Waals surface area contributed by atoms with E-state index in [1.165, 1.54) is 0 Å². The van der Waals surface area contributed by atoms with Gasteiger partial charge in [0.15, 0.2) is 0 Å². The molecular weight excluding hydrogens is 154 g/mol. The average Bonchev–Trinajstić information content (AvgIpc) is 2.17. The van der Waals surface area contributed by atoms with Crippen molar-refractivity contribution in [1.82, 2.24) is 0 Å². The SMILES string of the molecule is Cl.NCCC1CCC(=O)O1. The maximum Gasteiger partial charge on any atom is 0.306 e. The number of halogens is 1. The molecule has 1 heterocycles. The molecule has 1 fully saturated rings. The molecule has 1 unspecified atom stereocenters. The van der Waals surface area contributed by atoms with Crippen molar-refractivity contribution in [2.45, 2.75) is 25.4 Å². The van der Waals surface area contributed by atoms with Crippen molar-refractivity contribution in [3.05, 3.63) is 0 Å². The van der Waals surface area contributed by atoms with Crippen LogP contribution in [0.3, 0.4) is 0 Å². The Hall–Kier alpha value is -0.280. The lowest BCUT2D eigenvalue weighted by atomic mass is 10.2. The van der Waals surface area contributed by atoms with Gasteiger partial charge in [0.05, 0.1) is 0 Å². The Labute approximate surface area is 66.3 Å². The first-order chi connectivity index (χ1) is 4.33. The van der Waals surface area contributed by atoms with Gasteiger partial charge in [0, 0.05) is 6.42 Å². The van der Waals surface area contributed by atoms with Gasteiger partial charge >= 0.3 is 5.97 Å². The summed E-state index contributed by atoms with van der Waals surface area (Å²) in [5.74, 6) is -0.0755. The number of carbonyl (C=O) groups is 1. The largest absolute Gasteiger partial charge is 0.462 e. The topological polar surface area (TPSA) is 52.3 Å². The lowest BCUT2D eigenvalue weighted by Crippen LogP contribution is -2.12. The van der Waals surface area contributed by atoms with Crippen LogP contribution >= 0.6 is 12.4 Å². The summed E-state index contributed by atoms with van der Waals surface area (Å²) in [4.78, 5) is 10.5. The van der Waals surface area contributed by atoms with Gasteiger partial charge in [0.2, 0.25) is 0 Å². The van der Waals surface area contributed by atoms with Crippen LogP contribution in [0.4, 0.5) is 0 Å². The van der Waals surface area contributed by atoms with Crippen molar-refractivity contribution in [1.29, 1.82) is 0 Å². The zero-order valence-corrected chi connectivity index (χ0v) is 6.52. The number of rotatable bonds is 2. The first kappa shape index (κ1) is 9.72. The fourth-order valence-corrected chi connectivity index (χ4v) is 0.972. The van der Waals surface area contributed by atoms with Crippen LogP contribution in [-0.2, 0) is 9.53 Å². The van der Waals surface area contributed by atoms with E-state index in [2.05, 4.69) is 0 Å². The molecule has 0 aromatic heterocycles. The van der Waals surface area contributed by atoms with Crippen LogP contribution < -0.4 is 5.73 Å². The van der Waals surface area contributed by atoms with E-state index in [1.807, 2.05) is 0 Å². The van der Waals surface area contributed by atoms with Crippen LogP contribution in [0.2, 0.25) is 0 Å². The normalized spacial score (nSPS) is 23.7. The third kappa shape index (κ3) is 2.54. The molecule has 10 heavy (non-hydrogen) atoms. The quantitative estimate of drug-likeness (QED) is 0.605. The number of nitrogens with two attached hydrogens (primary N) is 1. The first-order valence-corrected chi connectivity index (χ1v) is 3.22. The molecule has 1 aliphatic heterocycles. The molecule has 0 aromatic rings. The highest BCUT2D eigenvalue weighted by Crippen LogP contribution is 2.15. The number of hydrogen-bond donors (Lipinski definition) is 1. The van der Waals surface area contributed by atoms with Crippen molar-refractivity contribution < 1.29 is 9.53 Å². The average molecular weight is 166 g/mol.